The minimum absolute atomic E-state index is 0. The van der Waals surface area contributed by atoms with Crippen molar-refractivity contribution in [3.63, 3.8) is 0 Å². The van der Waals surface area contributed by atoms with E-state index in [1.54, 1.807) is 0 Å². The number of aliphatic imine (C=N–C) groups is 1. The van der Waals surface area contributed by atoms with E-state index >= 15 is 0 Å². The van der Waals surface area contributed by atoms with Gasteiger partial charge in [-0.25, -0.2) is 0 Å². The van der Waals surface area contributed by atoms with Crippen LogP contribution < -0.4 is 10.6 Å². The normalized spacial score (nSPS) is 22.0. The summed E-state index contributed by atoms with van der Waals surface area (Å²) in [5, 5.41) is 7.29. The molecule has 0 amide bonds. The molecular formula is C19H32IN3OS. The lowest BCUT2D eigenvalue weighted by atomic mass is 9.95. The first-order chi connectivity index (χ1) is 11.7. The molecule has 3 unspecified atom stereocenters. The summed E-state index contributed by atoms with van der Waals surface area (Å²) in [7, 11) is 1.12. The van der Waals surface area contributed by atoms with Crippen LogP contribution in [-0.4, -0.2) is 34.3 Å². The molecule has 142 valence electrons. The number of hydrogen-bond donors (Lipinski definition) is 2. The van der Waals surface area contributed by atoms with Crippen molar-refractivity contribution in [3.8, 4) is 0 Å². The largest absolute Gasteiger partial charge is 0.354 e. The number of benzene rings is 1. The van der Waals surface area contributed by atoms with Gasteiger partial charge < -0.3 is 10.6 Å². The smallest absolute Gasteiger partial charge is 0.191 e. The first-order valence-electron chi connectivity index (χ1n) is 9.09. The third-order valence-corrected chi connectivity index (χ3v) is 6.53. The molecule has 1 fully saturated rings. The second-order valence-electron chi connectivity index (χ2n) is 6.35. The number of aryl methyl sites for hydroxylation is 1. The number of nitrogens with zero attached hydrogens (tertiary/aromatic N) is 1. The molecular weight excluding hydrogens is 445 g/mol. The minimum atomic E-state index is -0.689. The van der Waals surface area contributed by atoms with Crippen molar-refractivity contribution in [2.45, 2.75) is 63.8 Å². The first kappa shape index (κ1) is 22.4. The SMILES string of the molecule is CCc1ccccc1CNC(=NC)NC1CCCC(S(=O)CC)C1.I. The molecule has 1 aromatic rings. The van der Waals surface area contributed by atoms with Gasteiger partial charge in [-0.05, 0) is 36.8 Å². The highest BCUT2D eigenvalue weighted by Gasteiger charge is 2.25. The minimum Gasteiger partial charge on any atom is -0.354 e. The Labute approximate surface area is 172 Å². The van der Waals surface area contributed by atoms with Crippen molar-refractivity contribution >= 4 is 40.7 Å². The van der Waals surface area contributed by atoms with Gasteiger partial charge >= 0.3 is 0 Å². The molecule has 1 saturated carbocycles. The fourth-order valence-electron chi connectivity index (χ4n) is 3.39. The van der Waals surface area contributed by atoms with Gasteiger partial charge in [0, 0.05) is 41.4 Å². The summed E-state index contributed by atoms with van der Waals surface area (Å²) < 4.78 is 12.1. The number of nitrogens with one attached hydrogen (secondary N) is 2. The number of halogens is 1. The number of rotatable bonds is 6. The zero-order valence-corrected chi connectivity index (χ0v) is 18.7. The van der Waals surface area contributed by atoms with Crippen molar-refractivity contribution in [1.82, 2.24) is 10.6 Å². The topological polar surface area (TPSA) is 53.5 Å². The van der Waals surface area contributed by atoms with Crippen LogP contribution in [0.15, 0.2) is 29.3 Å². The molecule has 2 N–H and O–H groups in total. The van der Waals surface area contributed by atoms with E-state index in [1.807, 2.05) is 14.0 Å². The molecule has 25 heavy (non-hydrogen) atoms. The standard InChI is InChI=1S/C19H31N3OS.HI/c1-4-15-9-6-7-10-16(15)14-21-19(20-3)22-17-11-8-12-18(13-17)24(23)5-2;/h6-7,9-10,17-18H,4-5,8,11-14H2,1-3H3,(H2,20,21,22);1H. The van der Waals surface area contributed by atoms with Gasteiger partial charge in [-0.15, -0.1) is 24.0 Å². The second kappa shape index (κ2) is 11.9. The van der Waals surface area contributed by atoms with Crippen LogP contribution in [0.2, 0.25) is 0 Å². The summed E-state index contributed by atoms with van der Waals surface area (Å²) in [6.45, 7) is 4.97. The quantitative estimate of drug-likeness (QED) is 0.374. The van der Waals surface area contributed by atoms with Gasteiger partial charge in [0.05, 0.1) is 0 Å². The van der Waals surface area contributed by atoms with E-state index in [9.17, 15) is 4.21 Å². The van der Waals surface area contributed by atoms with Crippen LogP contribution in [0, 0.1) is 0 Å². The van der Waals surface area contributed by atoms with Gasteiger partial charge in [-0.3, -0.25) is 9.20 Å². The van der Waals surface area contributed by atoms with Crippen molar-refractivity contribution in [3.05, 3.63) is 35.4 Å². The van der Waals surface area contributed by atoms with E-state index in [0.717, 1.165) is 50.4 Å². The van der Waals surface area contributed by atoms with E-state index in [1.165, 1.54) is 11.1 Å². The summed E-state index contributed by atoms with van der Waals surface area (Å²) >= 11 is 0. The second-order valence-corrected chi connectivity index (χ2v) is 8.35. The molecule has 1 aliphatic rings. The van der Waals surface area contributed by atoms with E-state index in [2.05, 4.69) is 46.8 Å². The van der Waals surface area contributed by atoms with Gasteiger partial charge in [-0.1, -0.05) is 44.5 Å². The van der Waals surface area contributed by atoms with Crippen molar-refractivity contribution < 1.29 is 4.21 Å². The molecule has 1 aliphatic carbocycles. The average molecular weight is 477 g/mol. The summed E-state index contributed by atoms with van der Waals surface area (Å²) in [6.07, 6.45) is 5.38. The Balaban J connectivity index is 0.00000312. The van der Waals surface area contributed by atoms with Crippen molar-refractivity contribution in [2.75, 3.05) is 12.8 Å². The highest BCUT2D eigenvalue weighted by Crippen LogP contribution is 2.23. The predicted octanol–water partition coefficient (Wildman–Crippen LogP) is 3.61. The Morgan fingerprint density at radius 2 is 1.96 bits per heavy atom. The molecule has 0 saturated heterocycles. The van der Waals surface area contributed by atoms with Crippen LogP contribution >= 0.6 is 24.0 Å². The van der Waals surface area contributed by atoms with Crippen LogP contribution in [0.1, 0.15) is 50.7 Å². The van der Waals surface area contributed by atoms with Crippen LogP contribution in [0.25, 0.3) is 0 Å². The highest BCUT2D eigenvalue weighted by atomic mass is 127. The summed E-state index contributed by atoms with van der Waals surface area (Å²) in [5.74, 6) is 1.60. The molecule has 1 aromatic carbocycles. The molecule has 0 spiro atoms. The molecule has 2 rings (SSSR count). The maximum absolute atomic E-state index is 12.1. The first-order valence-corrected chi connectivity index (χ1v) is 10.5. The molecule has 4 nitrogen and oxygen atoms in total. The summed E-state index contributed by atoms with van der Waals surface area (Å²) in [5.41, 5.74) is 2.69. The summed E-state index contributed by atoms with van der Waals surface area (Å²) in [4.78, 5) is 4.36. The Morgan fingerprint density at radius 3 is 2.60 bits per heavy atom. The molecule has 0 heterocycles. The van der Waals surface area contributed by atoms with E-state index in [4.69, 9.17) is 0 Å². The molecule has 0 radical (unpaired) electrons. The highest BCUT2D eigenvalue weighted by molar-refractivity contribution is 14.0. The molecule has 3 atom stereocenters. The van der Waals surface area contributed by atoms with E-state index < -0.39 is 10.8 Å². The van der Waals surface area contributed by atoms with Crippen molar-refractivity contribution in [2.24, 2.45) is 4.99 Å². The molecule has 6 heteroatoms. The van der Waals surface area contributed by atoms with E-state index in [-0.39, 0.29) is 24.0 Å². The lowest BCUT2D eigenvalue weighted by Gasteiger charge is -2.30. The maximum atomic E-state index is 12.1. The molecule has 0 aromatic heterocycles. The van der Waals surface area contributed by atoms with Gasteiger partial charge in [0.1, 0.15) is 0 Å². The van der Waals surface area contributed by atoms with Crippen LogP contribution in [0.4, 0.5) is 0 Å². The third-order valence-electron chi connectivity index (χ3n) is 4.79. The lowest BCUT2D eigenvalue weighted by Crippen LogP contribution is -2.46. The zero-order valence-electron chi connectivity index (χ0n) is 15.6. The Hall–Kier alpha value is -0.630. The fraction of sp³-hybridized carbons (Fsp3) is 0.632. The van der Waals surface area contributed by atoms with Crippen LogP contribution in [0.3, 0.4) is 0 Å². The van der Waals surface area contributed by atoms with Gasteiger partial charge in [-0.2, -0.15) is 0 Å². The average Bonchev–Trinajstić information content (AvgIpc) is 2.64. The van der Waals surface area contributed by atoms with Crippen molar-refractivity contribution in [1.29, 1.82) is 0 Å². The summed E-state index contributed by atoms with van der Waals surface area (Å²) in [6, 6.07) is 8.88. The number of hydrogen-bond acceptors (Lipinski definition) is 2. The monoisotopic (exact) mass is 477 g/mol. The lowest BCUT2D eigenvalue weighted by molar-refractivity contribution is 0.413. The molecule has 0 bridgehead atoms. The van der Waals surface area contributed by atoms with Gasteiger partial charge in [0.15, 0.2) is 5.96 Å². The zero-order chi connectivity index (χ0) is 17.4. The number of guanidine groups is 1. The predicted molar refractivity (Wildman–Crippen MR) is 119 cm³/mol. The third kappa shape index (κ3) is 6.89. The fourth-order valence-corrected chi connectivity index (χ4v) is 4.74. The van der Waals surface area contributed by atoms with Gasteiger partial charge in [0.25, 0.3) is 0 Å². The van der Waals surface area contributed by atoms with Crippen LogP contribution in [-0.2, 0) is 23.8 Å². The Morgan fingerprint density at radius 1 is 1.24 bits per heavy atom. The Kier molecular flexibility index (Phi) is 10.7. The Bertz CT molecular complexity index is 580. The van der Waals surface area contributed by atoms with E-state index in [0.29, 0.717) is 11.3 Å². The molecule has 0 aliphatic heterocycles. The maximum Gasteiger partial charge on any atom is 0.191 e. The van der Waals surface area contributed by atoms with Crippen LogP contribution in [0.5, 0.6) is 0 Å². The van der Waals surface area contributed by atoms with Gasteiger partial charge in [0.2, 0.25) is 0 Å².